The Labute approximate surface area is 146 Å². The fourth-order valence-electron chi connectivity index (χ4n) is 3.68. The molecule has 0 bridgehead atoms. The molecule has 8 heteroatoms. The molecule has 1 unspecified atom stereocenters. The topological polar surface area (TPSA) is 84.0 Å². The molecule has 25 heavy (non-hydrogen) atoms. The first-order valence-electron chi connectivity index (χ1n) is 8.40. The van der Waals surface area contributed by atoms with Crippen molar-refractivity contribution in [3.8, 4) is 5.75 Å². The average Bonchev–Trinajstić information content (AvgIpc) is 3.32. The molecule has 4 rings (SSSR count). The zero-order valence-electron chi connectivity index (χ0n) is 14.0. The van der Waals surface area contributed by atoms with Gasteiger partial charge in [0.15, 0.2) is 9.84 Å². The summed E-state index contributed by atoms with van der Waals surface area (Å²) in [7, 11) is -1.48. The van der Waals surface area contributed by atoms with Crippen molar-refractivity contribution in [1.29, 1.82) is 0 Å². The summed E-state index contributed by atoms with van der Waals surface area (Å²) in [5, 5.41) is 0. The molecular formula is C17H20N2O5S. The van der Waals surface area contributed by atoms with Crippen molar-refractivity contribution >= 4 is 27.2 Å². The quantitative estimate of drug-likeness (QED) is 0.720. The summed E-state index contributed by atoms with van der Waals surface area (Å²) in [5.41, 5.74) is 0.918. The lowest BCUT2D eigenvalue weighted by atomic mass is 10.1. The lowest BCUT2D eigenvalue weighted by molar-refractivity contribution is -0.114. The Kier molecular flexibility index (Phi) is 3.84. The van der Waals surface area contributed by atoms with Crippen molar-refractivity contribution < 1.29 is 22.7 Å². The number of carbonyl (C=O) groups is 2. The van der Waals surface area contributed by atoms with Crippen LogP contribution < -0.4 is 9.64 Å². The van der Waals surface area contributed by atoms with E-state index in [1.807, 2.05) is 0 Å². The second-order valence-electron chi connectivity index (χ2n) is 6.89. The molecule has 1 saturated heterocycles. The summed E-state index contributed by atoms with van der Waals surface area (Å²) in [6.07, 6.45) is 2.58. The van der Waals surface area contributed by atoms with Crippen molar-refractivity contribution in [3.05, 3.63) is 23.8 Å². The van der Waals surface area contributed by atoms with Crippen LogP contribution in [-0.2, 0) is 14.6 Å². The number of rotatable bonds is 5. The number of carbonyl (C=O) groups excluding carboxylic acids is 2. The summed E-state index contributed by atoms with van der Waals surface area (Å²) >= 11 is 0. The minimum Gasteiger partial charge on any atom is -0.497 e. The first-order chi connectivity index (χ1) is 11.9. The zero-order chi connectivity index (χ0) is 17.8. The van der Waals surface area contributed by atoms with E-state index in [9.17, 15) is 18.0 Å². The standard InChI is InChI=1S/C17H20N2O5S/c1-24-13-4-5-14-15(8-13)19(17(21)16(14)20)10-18(11-2-3-11)12-6-7-25(22,23)9-12/h4-5,8,11-12H,2-3,6-7,9-10H2,1H3. The molecule has 2 fully saturated rings. The van der Waals surface area contributed by atoms with Crippen LogP contribution in [0.5, 0.6) is 5.75 Å². The number of sulfone groups is 1. The lowest BCUT2D eigenvalue weighted by Gasteiger charge is -2.32. The number of hydrogen-bond acceptors (Lipinski definition) is 6. The van der Waals surface area contributed by atoms with Gasteiger partial charge in [0.25, 0.3) is 5.78 Å². The minimum atomic E-state index is -3.01. The van der Waals surface area contributed by atoms with E-state index in [2.05, 4.69) is 4.90 Å². The second kappa shape index (κ2) is 5.81. The van der Waals surface area contributed by atoms with Gasteiger partial charge >= 0.3 is 5.91 Å². The predicted octanol–water partition coefficient (Wildman–Crippen LogP) is 0.834. The molecule has 7 nitrogen and oxygen atoms in total. The van der Waals surface area contributed by atoms with Crippen LogP contribution in [0.3, 0.4) is 0 Å². The summed E-state index contributed by atoms with van der Waals surface area (Å²) in [6, 6.07) is 5.16. The normalized spacial score (nSPS) is 24.9. The molecule has 3 aliphatic rings. The van der Waals surface area contributed by atoms with Crippen LogP contribution in [0.1, 0.15) is 29.6 Å². The number of amides is 1. The van der Waals surface area contributed by atoms with Crippen molar-refractivity contribution in [2.24, 2.45) is 0 Å². The largest absolute Gasteiger partial charge is 0.497 e. The third-order valence-electron chi connectivity index (χ3n) is 5.18. The Morgan fingerprint density at radius 2 is 1.96 bits per heavy atom. The Morgan fingerprint density at radius 3 is 2.56 bits per heavy atom. The van der Waals surface area contributed by atoms with Crippen LogP contribution in [0.2, 0.25) is 0 Å². The van der Waals surface area contributed by atoms with Crippen LogP contribution in [0.25, 0.3) is 0 Å². The van der Waals surface area contributed by atoms with Gasteiger partial charge in [-0.1, -0.05) is 0 Å². The molecule has 1 aromatic carbocycles. The average molecular weight is 364 g/mol. The summed E-state index contributed by atoms with van der Waals surface area (Å²) < 4.78 is 28.9. The van der Waals surface area contributed by atoms with Gasteiger partial charge in [-0.3, -0.25) is 19.4 Å². The van der Waals surface area contributed by atoms with Crippen molar-refractivity contribution in [2.75, 3.05) is 30.2 Å². The van der Waals surface area contributed by atoms with Gasteiger partial charge in [-0.2, -0.15) is 0 Å². The van der Waals surface area contributed by atoms with E-state index in [1.165, 1.54) is 12.0 Å². The van der Waals surface area contributed by atoms with Gasteiger partial charge in [0.2, 0.25) is 0 Å². The minimum absolute atomic E-state index is 0.0879. The molecule has 134 valence electrons. The van der Waals surface area contributed by atoms with E-state index < -0.39 is 21.5 Å². The summed E-state index contributed by atoms with van der Waals surface area (Å²) in [6.45, 7) is 0.246. The van der Waals surface area contributed by atoms with Crippen LogP contribution in [0.4, 0.5) is 5.69 Å². The first-order valence-corrected chi connectivity index (χ1v) is 10.2. The number of ketones is 1. The Bertz CT molecular complexity index is 847. The van der Waals surface area contributed by atoms with Crippen molar-refractivity contribution in [3.63, 3.8) is 0 Å². The zero-order valence-corrected chi connectivity index (χ0v) is 14.8. The van der Waals surface area contributed by atoms with Crippen molar-refractivity contribution in [1.82, 2.24) is 4.90 Å². The summed E-state index contributed by atoms with van der Waals surface area (Å²) in [5.74, 6) is -0.183. The highest BCUT2D eigenvalue weighted by atomic mass is 32.2. The predicted molar refractivity (Wildman–Crippen MR) is 91.6 cm³/mol. The van der Waals surface area contributed by atoms with E-state index in [0.29, 0.717) is 23.4 Å². The monoisotopic (exact) mass is 364 g/mol. The smallest absolute Gasteiger partial charge is 0.300 e. The van der Waals surface area contributed by atoms with E-state index >= 15 is 0 Å². The maximum atomic E-state index is 12.5. The van der Waals surface area contributed by atoms with Crippen LogP contribution in [-0.4, -0.2) is 62.4 Å². The second-order valence-corrected chi connectivity index (χ2v) is 9.12. The molecule has 1 saturated carbocycles. The third-order valence-corrected chi connectivity index (χ3v) is 6.93. The summed E-state index contributed by atoms with van der Waals surface area (Å²) in [4.78, 5) is 28.3. The number of nitrogens with zero attached hydrogens (tertiary/aromatic N) is 2. The van der Waals surface area contributed by atoms with Gasteiger partial charge < -0.3 is 4.74 Å². The van der Waals surface area contributed by atoms with E-state index in [4.69, 9.17) is 4.74 Å². The van der Waals surface area contributed by atoms with Crippen molar-refractivity contribution in [2.45, 2.75) is 31.3 Å². The number of ether oxygens (including phenoxy) is 1. The molecule has 1 aliphatic carbocycles. The maximum absolute atomic E-state index is 12.5. The number of hydrogen-bond donors (Lipinski definition) is 0. The van der Waals surface area contributed by atoms with Gasteiger partial charge in [0.05, 0.1) is 36.5 Å². The highest BCUT2D eigenvalue weighted by molar-refractivity contribution is 7.91. The molecule has 1 amide bonds. The highest BCUT2D eigenvalue weighted by Gasteiger charge is 2.43. The highest BCUT2D eigenvalue weighted by Crippen LogP contribution is 2.36. The lowest BCUT2D eigenvalue weighted by Crippen LogP contribution is -2.47. The fourth-order valence-corrected chi connectivity index (χ4v) is 5.42. The third kappa shape index (κ3) is 2.93. The van der Waals surface area contributed by atoms with Crippen LogP contribution in [0, 0.1) is 0 Å². The van der Waals surface area contributed by atoms with Gasteiger partial charge in [-0.25, -0.2) is 8.42 Å². The van der Waals surface area contributed by atoms with Crippen LogP contribution in [0.15, 0.2) is 18.2 Å². The maximum Gasteiger partial charge on any atom is 0.300 e. The number of fused-ring (bicyclic) bond motifs is 1. The Hall–Kier alpha value is -1.93. The molecule has 0 spiro atoms. The van der Waals surface area contributed by atoms with E-state index in [0.717, 1.165) is 12.8 Å². The molecular weight excluding hydrogens is 344 g/mol. The van der Waals surface area contributed by atoms with E-state index in [-0.39, 0.29) is 30.3 Å². The Balaban J connectivity index is 1.63. The number of methoxy groups -OCH3 is 1. The van der Waals surface area contributed by atoms with Crippen LogP contribution >= 0.6 is 0 Å². The molecule has 1 atom stereocenters. The van der Waals surface area contributed by atoms with E-state index in [1.54, 1.807) is 18.2 Å². The fraction of sp³-hybridized carbons (Fsp3) is 0.529. The van der Waals surface area contributed by atoms with Gasteiger partial charge in [-0.15, -0.1) is 0 Å². The molecule has 0 radical (unpaired) electrons. The number of benzene rings is 1. The van der Waals surface area contributed by atoms with Gasteiger partial charge in [0.1, 0.15) is 5.75 Å². The molecule has 2 heterocycles. The number of anilines is 1. The molecule has 0 aromatic heterocycles. The first kappa shape index (κ1) is 16.5. The molecule has 1 aromatic rings. The molecule has 2 aliphatic heterocycles. The SMILES string of the molecule is COc1ccc2c(c1)N(CN(C1CC1)C1CCS(=O)(=O)C1)C(=O)C2=O. The Morgan fingerprint density at radius 1 is 1.20 bits per heavy atom. The number of Topliss-reactive ketones (excluding diaryl/α,β-unsaturated/α-hetero) is 1. The van der Waals surface area contributed by atoms with Gasteiger partial charge in [0, 0.05) is 18.2 Å². The van der Waals surface area contributed by atoms with Gasteiger partial charge in [-0.05, 0) is 31.4 Å². The molecule has 0 N–H and O–H groups in total.